The van der Waals surface area contributed by atoms with Gasteiger partial charge in [-0.05, 0) is 94.2 Å². The number of rotatable bonds is 10. The van der Waals surface area contributed by atoms with E-state index >= 15 is 0 Å². The number of hydrogen-bond acceptors (Lipinski definition) is 2. The van der Waals surface area contributed by atoms with Gasteiger partial charge in [-0.25, -0.2) is 0 Å². The molecule has 2 aromatic carbocycles. The first-order chi connectivity index (χ1) is 17.5. The molecule has 0 aliphatic heterocycles. The van der Waals surface area contributed by atoms with Gasteiger partial charge in [-0.2, -0.15) is 0 Å². The summed E-state index contributed by atoms with van der Waals surface area (Å²) in [4.78, 5) is 4.22. The molecular formula is C35H55NOSi. The highest BCUT2D eigenvalue weighted by molar-refractivity contribution is 6.78. The predicted molar refractivity (Wildman–Crippen MR) is 170 cm³/mol. The zero-order valence-electron chi connectivity index (χ0n) is 26.3. The molecule has 2 unspecified atom stereocenters. The van der Waals surface area contributed by atoms with Crippen LogP contribution in [0.1, 0.15) is 117 Å². The number of ether oxygens (including phenoxy) is 1. The van der Waals surface area contributed by atoms with Crippen LogP contribution in [-0.2, 0) is 10.2 Å². The summed E-state index contributed by atoms with van der Waals surface area (Å²) in [6.07, 6.45) is 7.47. The van der Waals surface area contributed by atoms with Crippen LogP contribution in [0.15, 0.2) is 48.0 Å². The molecule has 0 heterocycles. The lowest BCUT2D eigenvalue weighted by Crippen LogP contribution is -2.60. The van der Waals surface area contributed by atoms with Crippen LogP contribution in [0.4, 0.5) is 0 Å². The van der Waals surface area contributed by atoms with E-state index in [2.05, 4.69) is 129 Å². The first-order valence-corrected chi connectivity index (χ1v) is 17.6. The summed E-state index contributed by atoms with van der Waals surface area (Å²) in [7, 11) is -1.87. The van der Waals surface area contributed by atoms with E-state index in [0.717, 1.165) is 13.0 Å². The van der Waals surface area contributed by atoms with Crippen molar-refractivity contribution in [2.24, 2.45) is 0 Å². The average molecular weight is 534 g/mol. The summed E-state index contributed by atoms with van der Waals surface area (Å²) in [5.74, 6) is 0. The molecule has 2 aromatic rings. The third kappa shape index (κ3) is 8.16. The van der Waals surface area contributed by atoms with Gasteiger partial charge in [0.2, 0.25) is 0 Å². The predicted octanol–water partition coefficient (Wildman–Crippen LogP) is 10.0. The fraction of sp³-hybridized carbons (Fsp3) is 0.600. The zero-order valence-corrected chi connectivity index (χ0v) is 27.3. The van der Waals surface area contributed by atoms with Crippen LogP contribution in [0.5, 0.6) is 0 Å². The molecule has 2 nitrogen and oxygen atoms in total. The highest BCUT2D eigenvalue weighted by Crippen LogP contribution is 2.46. The molecule has 210 valence electrons. The van der Waals surface area contributed by atoms with Crippen molar-refractivity contribution in [3.05, 3.63) is 64.7 Å². The second-order valence-corrected chi connectivity index (χ2v) is 19.0. The minimum absolute atomic E-state index is 0.0324. The highest BCUT2D eigenvalue weighted by Gasteiger charge is 2.43. The van der Waals surface area contributed by atoms with Gasteiger partial charge >= 0.3 is 0 Å². The third-order valence-corrected chi connectivity index (χ3v) is 12.5. The van der Waals surface area contributed by atoms with Crippen molar-refractivity contribution >= 4 is 14.3 Å². The van der Waals surface area contributed by atoms with Crippen LogP contribution in [-0.4, -0.2) is 26.0 Å². The maximum Gasteiger partial charge on any atom is 0.134 e. The second-order valence-electron chi connectivity index (χ2n) is 14.9. The van der Waals surface area contributed by atoms with E-state index in [-0.39, 0.29) is 16.6 Å². The molecule has 3 heteroatoms. The van der Waals surface area contributed by atoms with Crippen LogP contribution in [0.3, 0.4) is 0 Å². The van der Waals surface area contributed by atoms with E-state index in [0.29, 0.717) is 5.54 Å². The molecule has 0 amide bonds. The van der Waals surface area contributed by atoms with Crippen molar-refractivity contribution in [3.8, 4) is 11.1 Å². The summed E-state index contributed by atoms with van der Waals surface area (Å²) in [6.45, 7) is 26.1. The Hall–Kier alpha value is -1.68. The van der Waals surface area contributed by atoms with Gasteiger partial charge < -0.3 is 9.72 Å². The lowest BCUT2D eigenvalue weighted by atomic mass is 9.86. The van der Waals surface area contributed by atoms with Gasteiger partial charge in [0.25, 0.3) is 0 Å². The average Bonchev–Trinajstić information content (AvgIpc) is 3.12. The Morgan fingerprint density at radius 3 is 2.03 bits per heavy atom. The molecule has 38 heavy (non-hydrogen) atoms. The molecule has 1 aliphatic rings. The Labute approximate surface area is 235 Å². The maximum atomic E-state index is 5.94. The fourth-order valence-corrected chi connectivity index (χ4v) is 11.5. The summed E-state index contributed by atoms with van der Waals surface area (Å²) in [5, 5.41) is 0. The minimum atomic E-state index is -1.87. The fourth-order valence-electron chi connectivity index (χ4n) is 6.26. The number of nitrogens with one attached hydrogen (secondary N) is 1. The second kappa shape index (κ2) is 11.8. The van der Waals surface area contributed by atoms with Crippen molar-refractivity contribution in [3.63, 3.8) is 0 Å². The molecule has 2 atom stereocenters. The SMILES string of the molecule is CC1=Cc2c(-c3ccc(C(C)(C)C)cc3)cccc2C1[Si](C)(CCCCCCOC(C)(C)C)NC(C)(C)C. The van der Waals surface area contributed by atoms with Crippen LogP contribution in [0, 0.1) is 0 Å². The van der Waals surface area contributed by atoms with E-state index in [1.54, 1.807) is 0 Å². The van der Waals surface area contributed by atoms with Gasteiger partial charge in [-0.1, -0.05) is 101 Å². The molecule has 0 bridgehead atoms. The molecule has 0 radical (unpaired) electrons. The van der Waals surface area contributed by atoms with E-state index in [1.165, 1.54) is 58.7 Å². The minimum Gasteiger partial charge on any atom is -0.376 e. The summed E-state index contributed by atoms with van der Waals surface area (Å²) >= 11 is 0. The third-order valence-electron chi connectivity index (χ3n) is 7.76. The smallest absolute Gasteiger partial charge is 0.134 e. The van der Waals surface area contributed by atoms with E-state index in [1.807, 2.05) is 0 Å². The topological polar surface area (TPSA) is 21.3 Å². The highest BCUT2D eigenvalue weighted by atomic mass is 28.3. The summed E-state index contributed by atoms with van der Waals surface area (Å²) in [6, 6.07) is 17.6. The van der Waals surface area contributed by atoms with Crippen LogP contribution in [0.2, 0.25) is 12.6 Å². The molecule has 0 saturated heterocycles. The van der Waals surface area contributed by atoms with Gasteiger partial charge in [-0.3, -0.25) is 0 Å². The number of allylic oxidation sites excluding steroid dienone is 1. The number of benzene rings is 2. The quantitative estimate of drug-likeness (QED) is 0.242. The molecule has 1 aliphatic carbocycles. The van der Waals surface area contributed by atoms with Crippen LogP contribution >= 0.6 is 0 Å². The molecule has 3 rings (SSSR count). The Bertz CT molecular complexity index is 1090. The standard InChI is InChI=1S/C35H55NOSi/c1-26-25-31-29(27-19-21-28(22-20-27)33(2,3)4)17-16-18-30(31)32(26)38(11,36-34(5,6)7)24-15-13-12-14-23-37-35(8,9)10/h16-22,25,32,36H,12-15,23-24H2,1-11H3. The zero-order chi connectivity index (χ0) is 28.4. The van der Waals surface area contributed by atoms with Crippen molar-refractivity contribution < 1.29 is 4.74 Å². The summed E-state index contributed by atoms with van der Waals surface area (Å²) < 4.78 is 5.94. The van der Waals surface area contributed by atoms with Gasteiger partial charge in [0, 0.05) is 17.7 Å². The molecule has 0 aromatic heterocycles. The van der Waals surface area contributed by atoms with Crippen molar-refractivity contribution in [2.45, 2.75) is 130 Å². The first kappa shape index (κ1) is 30.9. The van der Waals surface area contributed by atoms with Crippen LogP contribution in [0.25, 0.3) is 17.2 Å². The largest absolute Gasteiger partial charge is 0.376 e. The first-order valence-electron chi connectivity index (χ1n) is 14.9. The van der Waals surface area contributed by atoms with Gasteiger partial charge in [0.1, 0.15) is 8.24 Å². The lowest BCUT2D eigenvalue weighted by molar-refractivity contribution is -0.00471. The Kier molecular flexibility index (Phi) is 9.60. The van der Waals surface area contributed by atoms with E-state index in [4.69, 9.17) is 4.74 Å². The van der Waals surface area contributed by atoms with E-state index < -0.39 is 8.24 Å². The monoisotopic (exact) mass is 533 g/mol. The molecular weight excluding hydrogens is 478 g/mol. The van der Waals surface area contributed by atoms with E-state index in [9.17, 15) is 0 Å². The van der Waals surface area contributed by atoms with Crippen molar-refractivity contribution in [1.29, 1.82) is 0 Å². The molecule has 0 fully saturated rings. The Morgan fingerprint density at radius 1 is 0.816 bits per heavy atom. The van der Waals surface area contributed by atoms with Crippen molar-refractivity contribution in [1.82, 2.24) is 4.98 Å². The molecule has 0 spiro atoms. The molecule has 1 N–H and O–H groups in total. The van der Waals surface area contributed by atoms with Gasteiger partial charge in [0.05, 0.1) is 5.60 Å². The number of unbranched alkanes of at least 4 members (excludes halogenated alkanes) is 3. The van der Waals surface area contributed by atoms with Gasteiger partial charge in [0.15, 0.2) is 0 Å². The number of fused-ring (bicyclic) bond motifs is 1. The maximum absolute atomic E-state index is 5.94. The molecule has 0 saturated carbocycles. The summed E-state index contributed by atoms with van der Waals surface area (Å²) in [5.41, 5.74) is 9.33. The lowest BCUT2D eigenvalue weighted by Gasteiger charge is -2.42. The van der Waals surface area contributed by atoms with Crippen LogP contribution < -0.4 is 4.98 Å². The number of hydrogen-bond donors (Lipinski definition) is 1. The Balaban J connectivity index is 1.82. The normalized spacial score (nSPS) is 17.8. The van der Waals surface area contributed by atoms with Crippen molar-refractivity contribution in [2.75, 3.05) is 6.61 Å². The van der Waals surface area contributed by atoms with Gasteiger partial charge in [-0.15, -0.1) is 0 Å². The Morgan fingerprint density at radius 2 is 1.45 bits per heavy atom.